The van der Waals surface area contributed by atoms with E-state index >= 15 is 0 Å². The molecule has 0 saturated carbocycles. The number of aryl methyl sites for hydroxylation is 2. The van der Waals surface area contributed by atoms with Crippen LogP contribution in [0.1, 0.15) is 47.3 Å². The number of hydrogen-bond donors (Lipinski definition) is 2. The molecule has 0 aliphatic rings. The highest BCUT2D eigenvalue weighted by Crippen LogP contribution is 2.36. The van der Waals surface area contributed by atoms with Crippen LogP contribution in [0.15, 0.2) is 16.8 Å². The van der Waals surface area contributed by atoms with E-state index in [4.69, 9.17) is 9.47 Å². The van der Waals surface area contributed by atoms with Crippen LogP contribution in [0.5, 0.6) is 11.5 Å². The number of fused-ring (bicyclic) bond motifs is 1. The van der Waals surface area contributed by atoms with Gasteiger partial charge in [-0.1, -0.05) is 6.92 Å². The van der Waals surface area contributed by atoms with Gasteiger partial charge in [0.2, 0.25) is 0 Å². The number of pyridine rings is 1. The lowest BCUT2D eigenvalue weighted by Crippen LogP contribution is -2.14. The molecule has 0 fully saturated rings. The van der Waals surface area contributed by atoms with Crippen molar-refractivity contribution in [2.24, 2.45) is 7.05 Å². The molecule has 0 bridgehead atoms. The summed E-state index contributed by atoms with van der Waals surface area (Å²) in [5, 5.41) is 16.6. The Labute approximate surface area is 172 Å². The van der Waals surface area contributed by atoms with Gasteiger partial charge in [0, 0.05) is 17.8 Å². The molecule has 3 rings (SSSR count). The number of amides is 1. The van der Waals surface area contributed by atoms with Gasteiger partial charge < -0.3 is 24.5 Å². The standard InChI is InChI=1S/C20H23N3O5S/c1-6-13-14(22-19(24)12-8-29-9-15(12)27-5)7-11-17(28-10(2)3)16(20(25)26)23(4)18(11)21-13/h7-10H,6H2,1-5H3,(H,22,24)(H,25,26). The van der Waals surface area contributed by atoms with Crippen molar-refractivity contribution in [2.45, 2.75) is 33.3 Å². The molecular formula is C20H23N3O5S. The second-order valence-corrected chi connectivity index (χ2v) is 7.47. The van der Waals surface area contributed by atoms with Gasteiger partial charge in [0.1, 0.15) is 11.4 Å². The number of hydrogen-bond acceptors (Lipinski definition) is 6. The summed E-state index contributed by atoms with van der Waals surface area (Å²) in [4.78, 5) is 29.2. The lowest BCUT2D eigenvalue weighted by Gasteiger charge is -2.12. The first-order valence-corrected chi connectivity index (χ1v) is 10.1. The number of aromatic nitrogens is 2. The van der Waals surface area contributed by atoms with Crippen LogP contribution >= 0.6 is 11.3 Å². The quantitative estimate of drug-likeness (QED) is 0.604. The van der Waals surface area contributed by atoms with Crippen molar-refractivity contribution < 1.29 is 24.2 Å². The largest absolute Gasteiger partial charge is 0.495 e. The zero-order chi connectivity index (χ0) is 21.3. The van der Waals surface area contributed by atoms with Crippen LogP contribution in [-0.2, 0) is 13.5 Å². The van der Waals surface area contributed by atoms with E-state index in [9.17, 15) is 14.7 Å². The third-order valence-electron chi connectivity index (χ3n) is 4.42. The molecule has 154 valence electrons. The molecule has 0 saturated heterocycles. The smallest absolute Gasteiger partial charge is 0.356 e. The van der Waals surface area contributed by atoms with Crippen molar-refractivity contribution >= 4 is 39.9 Å². The molecule has 2 N–H and O–H groups in total. The van der Waals surface area contributed by atoms with Gasteiger partial charge in [0.25, 0.3) is 5.91 Å². The number of anilines is 1. The highest BCUT2D eigenvalue weighted by molar-refractivity contribution is 7.08. The summed E-state index contributed by atoms with van der Waals surface area (Å²) in [6.07, 6.45) is 0.331. The highest BCUT2D eigenvalue weighted by Gasteiger charge is 2.26. The fourth-order valence-electron chi connectivity index (χ4n) is 3.12. The van der Waals surface area contributed by atoms with Crippen molar-refractivity contribution in [1.29, 1.82) is 0 Å². The third-order valence-corrected chi connectivity index (χ3v) is 5.15. The molecule has 3 aromatic heterocycles. The maximum atomic E-state index is 12.8. The third kappa shape index (κ3) is 3.77. The number of carboxylic acid groups (broad SMARTS) is 1. The van der Waals surface area contributed by atoms with Crippen LogP contribution in [0.4, 0.5) is 5.69 Å². The molecule has 0 atom stereocenters. The second kappa shape index (κ2) is 8.12. The molecular weight excluding hydrogens is 394 g/mol. The number of aromatic carboxylic acids is 1. The van der Waals surface area contributed by atoms with Crippen molar-refractivity contribution in [3.05, 3.63) is 33.8 Å². The maximum absolute atomic E-state index is 12.8. The van der Waals surface area contributed by atoms with E-state index in [0.29, 0.717) is 40.1 Å². The van der Waals surface area contributed by atoms with Crippen LogP contribution in [0.2, 0.25) is 0 Å². The SMILES string of the molecule is CCc1nc2c(cc1NC(=O)c1cscc1OC)c(OC(C)C)c(C(=O)O)n2C. The van der Waals surface area contributed by atoms with E-state index in [-0.39, 0.29) is 23.5 Å². The van der Waals surface area contributed by atoms with Gasteiger partial charge in [0.05, 0.1) is 35.5 Å². The number of carboxylic acids is 1. The average molecular weight is 417 g/mol. The van der Waals surface area contributed by atoms with Gasteiger partial charge in [-0.3, -0.25) is 4.79 Å². The number of carbonyl (C=O) groups is 2. The molecule has 3 heterocycles. The zero-order valence-corrected chi connectivity index (χ0v) is 17.7. The number of nitrogens with zero attached hydrogens (tertiary/aromatic N) is 2. The number of rotatable bonds is 7. The Morgan fingerprint density at radius 2 is 2.07 bits per heavy atom. The van der Waals surface area contributed by atoms with Gasteiger partial charge >= 0.3 is 5.97 Å². The molecule has 3 aromatic rings. The van der Waals surface area contributed by atoms with E-state index in [1.165, 1.54) is 23.0 Å². The Morgan fingerprint density at radius 3 is 2.66 bits per heavy atom. The van der Waals surface area contributed by atoms with Gasteiger partial charge in [-0.15, -0.1) is 11.3 Å². The minimum Gasteiger partial charge on any atom is -0.495 e. The van der Waals surface area contributed by atoms with E-state index in [2.05, 4.69) is 10.3 Å². The van der Waals surface area contributed by atoms with Crippen molar-refractivity contribution in [3.8, 4) is 11.5 Å². The molecule has 0 radical (unpaired) electrons. The molecule has 0 unspecified atom stereocenters. The van der Waals surface area contributed by atoms with E-state index in [1.54, 1.807) is 23.9 Å². The minimum atomic E-state index is -1.10. The first-order valence-electron chi connectivity index (χ1n) is 9.12. The fraction of sp³-hybridized carbons (Fsp3) is 0.350. The summed E-state index contributed by atoms with van der Waals surface area (Å²) in [6.45, 7) is 5.56. The van der Waals surface area contributed by atoms with Gasteiger partial charge in [0.15, 0.2) is 11.4 Å². The summed E-state index contributed by atoms with van der Waals surface area (Å²) in [5.41, 5.74) is 2.09. The topological polar surface area (TPSA) is 103 Å². The first-order chi connectivity index (χ1) is 13.8. The molecule has 0 aliphatic heterocycles. The predicted molar refractivity (Wildman–Crippen MR) is 112 cm³/mol. The number of carbonyl (C=O) groups excluding carboxylic acids is 1. The Bertz CT molecular complexity index is 1080. The average Bonchev–Trinajstić information content (AvgIpc) is 3.24. The maximum Gasteiger partial charge on any atom is 0.356 e. The number of ether oxygens (including phenoxy) is 2. The van der Waals surface area contributed by atoms with Gasteiger partial charge in [-0.25, -0.2) is 9.78 Å². The predicted octanol–water partition coefficient (Wildman–Crippen LogP) is 3.94. The summed E-state index contributed by atoms with van der Waals surface area (Å²) in [7, 11) is 3.15. The summed E-state index contributed by atoms with van der Waals surface area (Å²) in [6, 6.07) is 1.72. The molecule has 29 heavy (non-hydrogen) atoms. The molecule has 8 nitrogen and oxygen atoms in total. The molecule has 0 aromatic carbocycles. The number of nitrogens with one attached hydrogen (secondary N) is 1. The highest BCUT2D eigenvalue weighted by atomic mass is 32.1. The van der Waals surface area contributed by atoms with Crippen LogP contribution < -0.4 is 14.8 Å². The number of methoxy groups -OCH3 is 1. The first kappa shape index (κ1) is 20.7. The molecule has 9 heteroatoms. The lowest BCUT2D eigenvalue weighted by molar-refractivity contribution is 0.0680. The minimum absolute atomic E-state index is 0.0197. The van der Waals surface area contributed by atoms with Crippen molar-refractivity contribution in [1.82, 2.24) is 9.55 Å². The van der Waals surface area contributed by atoms with Crippen molar-refractivity contribution in [3.63, 3.8) is 0 Å². The fourth-order valence-corrected chi connectivity index (χ4v) is 3.90. The van der Waals surface area contributed by atoms with E-state index in [0.717, 1.165) is 0 Å². The summed E-state index contributed by atoms with van der Waals surface area (Å²) in [5.74, 6) is -0.687. The van der Waals surface area contributed by atoms with Crippen LogP contribution in [0, 0.1) is 0 Å². The summed E-state index contributed by atoms with van der Waals surface area (Å²) >= 11 is 1.37. The van der Waals surface area contributed by atoms with Crippen molar-refractivity contribution in [2.75, 3.05) is 12.4 Å². The van der Waals surface area contributed by atoms with Crippen LogP contribution in [-0.4, -0.2) is 39.7 Å². The van der Waals surface area contributed by atoms with E-state index < -0.39 is 5.97 Å². The Balaban J connectivity index is 2.15. The monoisotopic (exact) mass is 417 g/mol. The second-order valence-electron chi connectivity index (χ2n) is 6.72. The van der Waals surface area contributed by atoms with Gasteiger partial charge in [-0.2, -0.15) is 0 Å². The molecule has 0 aliphatic carbocycles. The Morgan fingerprint density at radius 1 is 1.34 bits per heavy atom. The number of thiophene rings is 1. The van der Waals surface area contributed by atoms with Crippen LogP contribution in [0.25, 0.3) is 11.0 Å². The lowest BCUT2D eigenvalue weighted by atomic mass is 10.2. The zero-order valence-electron chi connectivity index (χ0n) is 16.9. The molecule has 1 amide bonds. The molecule has 0 spiro atoms. The summed E-state index contributed by atoms with van der Waals surface area (Å²) < 4.78 is 12.5. The van der Waals surface area contributed by atoms with Crippen LogP contribution in [0.3, 0.4) is 0 Å². The Kier molecular flexibility index (Phi) is 5.78. The van der Waals surface area contributed by atoms with E-state index in [1.807, 2.05) is 20.8 Å². The van der Waals surface area contributed by atoms with Gasteiger partial charge in [-0.05, 0) is 26.3 Å². The Hall–Kier alpha value is -3.07. The normalized spacial score (nSPS) is 11.1.